The van der Waals surface area contributed by atoms with Crippen LogP contribution in [0, 0.1) is 6.92 Å². The molecule has 112 valence electrons. The second-order valence-electron chi connectivity index (χ2n) is 5.18. The monoisotopic (exact) mass is 277 g/mol. The molecule has 0 saturated heterocycles. The van der Waals surface area contributed by atoms with Crippen LogP contribution in [0.1, 0.15) is 62.5 Å². The van der Waals surface area contributed by atoms with Crippen molar-refractivity contribution in [2.24, 2.45) is 0 Å². The van der Waals surface area contributed by atoms with Crippen LogP contribution in [-0.2, 0) is 0 Å². The highest BCUT2D eigenvalue weighted by molar-refractivity contribution is 5.95. The maximum absolute atomic E-state index is 12.3. The molecule has 0 spiro atoms. The molecule has 0 aliphatic rings. The Morgan fingerprint density at radius 1 is 1.25 bits per heavy atom. The van der Waals surface area contributed by atoms with Crippen LogP contribution in [0.4, 0.5) is 5.82 Å². The van der Waals surface area contributed by atoms with Crippen LogP contribution in [0.5, 0.6) is 0 Å². The number of nitrogens with zero attached hydrogens (tertiary/aromatic N) is 1. The van der Waals surface area contributed by atoms with Gasteiger partial charge < -0.3 is 10.6 Å². The number of amides is 1. The lowest BCUT2D eigenvalue weighted by Gasteiger charge is -2.16. The molecule has 1 unspecified atom stereocenters. The van der Waals surface area contributed by atoms with E-state index in [2.05, 4.69) is 36.4 Å². The van der Waals surface area contributed by atoms with Crippen molar-refractivity contribution in [3.63, 3.8) is 0 Å². The summed E-state index contributed by atoms with van der Waals surface area (Å²) in [7, 11) is 0. The van der Waals surface area contributed by atoms with Gasteiger partial charge in [-0.2, -0.15) is 0 Å². The van der Waals surface area contributed by atoms with Crippen molar-refractivity contribution < 1.29 is 4.79 Å². The van der Waals surface area contributed by atoms with Gasteiger partial charge in [-0.05, 0) is 38.3 Å². The topological polar surface area (TPSA) is 54.0 Å². The van der Waals surface area contributed by atoms with E-state index in [0.717, 1.165) is 43.7 Å². The minimum absolute atomic E-state index is 0.00431. The average Bonchev–Trinajstić information content (AvgIpc) is 2.43. The molecule has 0 bridgehead atoms. The number of carbonyl (C=O) groups is 1. The Balaban J connectivity index is 2.78. The molecule has 1 amide bonds. The standard InChI is InChI=1S/C16H27N3O/c1-5-8-14(7-3)19-16(20)13-10-12(4)18-15(11-13)17-9-6-2/h10-11,14H,5-9H2,1-4H3,(H,17,18)(H,19,20). The molecule has 1 atom stereocenters. The van der Waals surface area contributed by atoms with Crippen molar-refractivity contribution in [2.45, 2.75) is 59.4 Å². The minimum atomic E-state index is -0.00431. The number of hydrogen-bond acceptors (Lipinski definition) is 3. The van der Waals surface area contributed by atoms with Crippen LogP contribution < -0.4 is 10.6 Å². The van der Waals surface area contributed by atoms with Gasteiger partial charge in [0.2, 0.25) is 0 Å². The summed E-state index contributed by atoms with van der Waals surface area (Å²) in [5.41, 5.74) is 1.55. The van der Waals surface area contributed by atoms with Gasteiger partial charge in [-0.3, -0.25) is 4.79 Å². The van der Waals surface area contributed by atoms with Crippen molar-refractivity contribution in [3.8, 4) is 0 Å². The third-order valence-electron chi connectivity index (χ3n) is 3.24. The lowest BCUT2D eigenvalue weighted by atomic mass is 10.1. The number of aromatic nitrogens is 1. The number of carbonyl (C=O) groups excluding carboxylic acids is 1. The number of nitrogens with one attached hydrogen (secondary N) is 2. The van der Waals surface area contributed by atoms with E-state index in [-0.39, 0.29) is 11.9 Å². The first-order valence-corrected chi connectivity index (χ1v) is 7.64. The third-order valence-corrected chi connectivity index (χ3v) is 3.24. The first-order chi connectivity index (χ1) is 9.60. The summed E-state index contributed by atoms with van der Waals surface area (Å²) in [6.45, 7) is 9.13. The first kappa shape index (κ1) is 16.5. The van der Waals surface area contributed by atoms with Crippen LogP contribution in [0.25, 0.3) is 0 Å². The molecule has 0 saturated carbocycles. The molecular weight excluding hydrogens is 250 g/mol. The van der Waals surface area contributed by atoms with Crippen LogP contribution in [0.15, 0.2) is 12.1 Å². The van der Waals surface area contributed by atoms with E-state index in [9.17, 15) is 4.79 Å². The molecule has 0 aromatic carbocycles. The van der Waals surface area contributed by atoms with Gasteiger partial charge in [0.05, 0.1) is 0 Å². The van der Waals surface area contributed by atoms with Crippen LogP contribution in [0.3, 0.4) is 0 Å². The maximum atomic E-state index is 12.3. The van der Waals surface area contributed by atoms with E-state index < -0.39 is 0 Å². The predicted molar refractivity (Wildman–Crippen MR) is 84.2 cm³/mol. The van der Waals surface area contributed by atoms with Crippen molar-refractivity contribution in [2.75, 3.05) is 11.9 Å². The molecule has 20 heavy (non-hydrogen) atoms. The van der Waals surface area contributed by atoms with E-state index in [1.54, 1.807) is 0 Å². The molecule has 1 rings (SSSR count). The Morgan fingerprint density at radius 2 is 2.00 bits per heavy atom. The number of hydrogen-bond donors (Lipinski definition) is 2. The molecule has 1 aromatic heterocycles. The molecule has 0 aliphatic carbocycles. The van der Waals surface area contributed by atoms with E-state index >= 15 is 0 Å². The minimum Gasteiger partial charge on any atom is -0.370 e. The van der Waals surface area contributed by atoms with Gasteiger partial charge in [-0.1, -0.05) is 27.2 Å². The summed E-state index contributed by atoms with van der Waals surface area (Å²) in [4.78, 5) is 16.7. The van der Waals surface area contributed by atoms with Crippen molar-refractivity contribution in [1.82, 2.24) is 10.3 Å². The van der Waals surface area contributed by atoms with Gasteiger partial charge in [-0.15, -0.1) is 0 Å². The lowest BCUT2D eigenvalue weighted by molar-refractivity contribution is 0.0933. The highest BCUT2D eigenvalue weighted by Gasteiger charge is 2.13. The zero-order valence-corrected chi connectivity index (χ0v) is 13.1. The van der Waals surface area contributed by atoms with Crippen LogP contribution in [-0.4, -0.2) is 23.5 Å². The quantitative estimate of drug-likeness (QED) is 0.764. The summed E-state index contributed by atoms with van der Waals surface area (Å²) < 4.78 is 0. The molecular formula is C16H27N3O. The summed E-state index contributed by atoms with van der Waals surface area (Å²) in [6, 6.07) is 3.93. The Morgan fingerprint density at radius 3 is 2.60 bits per heavy atom. The van der Waals surface area contributed by atoms with Gasteiger partial charge >= 0.3 is 0 Å². The number of rotatable bonds is 8. The fraction of sp³-hybridized carbons (Fsp3) is 0.625. The lowest BCUT2D eigenvalue weighted by Crippen LogP contribution is -2.34. The molecule has 1 heterocycles. The average molecular weight is 277 g/mol. The molecule has 0 aliphatic heterocycles. The van der Waals surface area contributed by atoms with E-state index in [0.29, 0.717) is 5.56 Å². The highest BCUT2D eigenvalue weighted by atomic mass is 16.1. The van der Waals surface area contributed by atoms with E-state index in [1.165, 1.54) is 0 Å². The number of pyridine rings is 1. The maximum Gasteiger partial charge on any atom is 0.251 e. The largest absolute Gasteiger partial charge is 0.370 e. The normalized spacial score (nSPS) is 12.0. The second kappa shape index (κ2) is 8.56. The molecule has 0 radical (unpaired) electrons. The Hall–Kier alpha value is -1.58. The summed E-state index contributed by atoms with van der Waals surface area (Å²) in [5, 5.41) is 6.33. The summed E-state index contributed by atoms with van der Waals surface area (Å²) in [5.74, 6) is 0.774. The van der Waals surface area contributed by atoms with E-state index in [1.807, 2.05) is 19.1 Å². The SMILES string of the molecule is CCCNc1cc(C(=O)NC(CC)CCC)cc(C)n1. The Kier molecular flexibility index (Phi) is 7.05. The number of anilines is 1. The Bertz CT molecular complexity index is 432. The second-order valence-corrected chi connectivity index (χ2v) is 5.18. The first-order valence-electron chi connectivity index (χ1n) is 7.64. The molecule has 4 heteroatoms. The summed E-state index contributed by atoms with van der Waals surface area (Å²) >= 11 is 0. The van der Waals surface area contributed by atoms with Crippen molar-refractivity contribution in [1.29, 1.82) is 0 Å². The van der Waals surface area contributed by atoms with Crippen LogP contribution in [0.2, 0.25) is 0 Å². The van der Waals surface area contributed by atoms with Gasteiger partial charge in [0, 0.05) is 23.8 Å². The summed E-state index contributed by atoms with van der Waals surface area (Å²) in [6.07, 6.45) is 4.10. The highest BCUT2D eigenvalue weighted by Crippen LogP contribution is 2.11. The Labute approximate surface area is 122 Å². The van der Waals surface area contributed by atoms with Gasteiger partial charge in [-0.25, -0.2) is 4.98 Å². The predicted octanol–water partition coefficient (Wildman–Crippen LogP) is 3.52. The molecule has 4 nitrogen and oxygen atoms in total. The van der Waals surface area contributed by atoms with Gasteiger partial charge in [0.1, 0.15) is 5.82 Å². The third kappa shape index (κ3) is 5.19. The molecule has 1 aromatic rings. The fourth-order valence-corrected chi connectivity index (χ4v) is 2.14. The van der Waals surface area contributed by atoms with Crippen LogP contribution >= 0.6 is 0 Å². The fourth-order valence-electron chi connectivity index (χ4n) is 2.14. The zero-order chi connectivity index (χ0) is 15.0. The van der Waals surface area contributed by atoms with Crippen molar-refractivity contribution in [3.05, 3.63) is 23.4 Å². The smallest absolute Gasteiger partial charge is 0.251 e. The van der Waals surface area contributed by atoms with Gasteiger partial charge in [0.25, 0.3) is 5.91 Å². The molecule has 2 N–H and O–H groups in total. The van der Waals surface area contributed by atoms with E-state index in [4.69, 9.17) is 0 Å². The number of aryl methyl sites for hydroxylation is 1. The zero-order valence-electron chi connectivity index (χ0n) is 13.1. The van der Waals surface area contributed by atoms with Crippen molar-refractivity contribution >= 4 is 11.7 Å². The van der Waals surface area contributed by atoms with Gasteiger partial charge in [0.15, 0.2) is 0 Å². The molecule has 0 fully saturated rings.